The summed E-state index contributed by atoms with van der Waals surface area (Å²) in [6.07, 6.45) is -0.337. The summed E-state index contributed by atoms with van der Waals surface area (Å²) in [4.78, 5) is 25.8. The molecule has 1 aromatic carbocycles. The molecule has 0 bridgehead atoms. The summed E-state index contributed by atoms with van der Waals surface area (Å²) in [6, 6.07) is 9.09. The van der Waals surface area contributed by atoms with Crippen molar-refractivity contribution in [1.82, 2.24) is 10.2 Å². The lowest BCUT2D eigenvalue weighted by molar-refractivity contribution is 0.0228. The zero-order valence-corrected chi connectivity index (χ0v) is 15.0. The lowest BCUT2D eigenvalue weighted by Gasteiger charge is -2.27. The van der Waals surface area contributed by atoms with Crippen LogP contribution in [0.2, 0.25) is 0 Å². The molecule has 1 fully saturated rings. The van der Waals surface area contributed by atoms with E-state index in [1.165, 1.54) is 0 Å². The van der Waals surface area contributed by atoms with Gasteiger partial charge in [-0.3, -0.25) is 0 Å². The van der Waals surface area contributed by atoms with Gasteiger partial charge in [-0.15, -0.1) is 0 Å². The first-order valence-corrected chi connectivity index (χ1v) is 8.45. The Kier molecular flexibility index (Phi) is 6.25. The predicted molar refractivity (Wildman–Crippen MR) is 94.0 cm³/mol. The van der Waals surface area contributed by atoms with Crippen LogP contribution in [-0.2, 0) is 16.1 Å². The molecule has 1 saturated heterocycles. The Bertz CT molecular complexity index is 586. The molecule has 1 aliphatic rings. The summed E-state index contributed by atoms with van der Waals surface area (Å²) in [7, 11) is 0. The molecule has 0 spiro atoms. The van der Waals surface area contributed by atoms with E-state index in [-0.39, 0.29) is 18.7 Å². The lowest BCUT2D eigenvalue weighted by atomic mass is 10.2. The molecule has 1 heterocycles. The van der Waals surface area contributed by atoms with Crippen molar-refractivity contribution in [3.63, 3.8) is 0 Å². The van der Waals surface area contributed by atoms with Gasteiger partial charge < -0.3 is 25.4 Å². The van der Waals surface area contributed by atoms with Gasteiger partial charge in [0.2, 0.25) is 0 Å². The van der Waals surface area contributed by atoms with Gasteiger partial charge in [0.1, 0.15) is 12.2 Å². The highest BCUT2D eigenvalue weighted by atomic mass is 16.6. The number of carbonyl (C=O) groups is 2. The molecule has 7 nitrogen and oxygen atoms in total. The van der Waals surface area contributed by atoms with Crippen LogP contribution in [0.3, 0.4) is 0 Å². The van der Waals surface area contributed by atoms with Gasteiger partial charge in [0, 0.05) is 19.1 Å². The fourth-order valence-electron chi connectivity index (χ4n) is 2.72. The first-order chi connectivity index (χ1) is 11.8. The van der Waals surface area contributed by atoms with E-state index in [9.17, 15) is 9.59 Å². The summed E-state index contributed by atoms with van der Waals surface area (Å²) in [5.41, 5.74) is 6.10. The van der Waals surface area contributed by atoms with E-state index in [1.807, 2.05) is 51.1 Å². The number of carbonyl (C=O) groups excluding carboxylic acids is 2. The number of benzene rings is 1. The van der Waals surface area contributed by atoms with E-state index in [2.05, 4.69) is 5.32 Å². The number of nitrogens with zero attached hydrogens (tertiary/aromatic N) is 1. The quantitative estimate of drug-likeness (QED) is 0.869. The first-order valence-electron chi connectivity index (χ1n) is 8.45. The molecular weight excluding hydrogens is 322 g/mol. The molecular formula is C18H27N3O4. The second kappa shape index (κ2) is 8.20. The summed E-state index contributed by atoms with van der Waals surface area (Å²) in [5.74, 6) is 0. The Hall–Kier alpha value is -2.28. The Labute approximate surface area is 148 Å². The van der Waals surface area contributed by atoms with Gasteiger partial charge in [-0.05, 0) is 32.8 Å². The van der Waals surface area contributed by atoms with Crippen LogP contribution < -0.4 is 11.1 Å². The van der Waals surface area contributed by atoms with E-state index in [4.69, 9.17) is 15.2 Å². The van der Waals surface area contributed by atoms with Crippen LogP contribution in [0.1, 0.15) is 32.8 Å². The van der Waals surface area contributed by atoms with Crippen molar-refractivity contribution in [2.75, 3.05) is 13.1 Å². The summed E-state index contributed by atoms with van der Waals surface area (Å²) < 4.78 is 10.6. The molecule has 2 atom stereocenters. The largest absolute Gasteiger partial charge is 0.445 e. The highest BCUT2D eigenvalue weighted by molar-refractivity contribution is 5.70. The van der Waals surface area contributed by atoms with E-state index >= 15 is 0 Å². The van der Waals surface area contributed by atoms with Crippen molar-refractivity contribution >= 4 is 12.2 Å². The Balaban J connectivity index is 1.84. The fraction of sp³-hybridized carbons (Fsp3) is 0.556. The third kappa shape index (κ3) is 5.94. The number of nitrogens with two attached hydrogens (primary N) is 1. The SMILES string of the molecule is CC(C)(C)OC(=O)N1C[C@@H](NC(=O)OCc2ccccc2)C[C@H]1CN. The lowest BCUT2D eigenvalue weighted by Crippen LogP contribution is -2.43. The number of hydrogen-bond donors (Lipinski definition) is 2. The van der Waals surface area contributed by atoms with Crippen LogP contribution in [0.15, 0.2) is 30.3 Å². The Morgan fingerprint density at radius 2 is 1.96 bits per heavy atom. The third-order valence-electron chi connectivity index (χ3n) is 3.85. The highest BCUT2D eigenvalue weighted by Gasteiger charge is 2.37. The smallest absolute Gasteiger partial charge is 0.410 e. The number of likely N-dealkylation sites (tertiary alicyclic amines) is 1. The van der Waals surface area contributed by atoms with Crippen molar-refractivity contribution in [3.8, 4) is 0 Å². The van der Waals surface area contributed by atoms with Gasteiger partial charge in [0.25, 0.3) is 0 Å². The predicted octanol–water partition coefficient (Wildman–Crippen LogP) is 2.25. The molecule has 0 unspecified atom stereocenters. The van der Waals surface area contributed by atoms with Crippen LogP contribution in [0.4, 0.5) is 9.59 Å². The van der Waals surface area contributed by atoms with Gasteiger partial charge in [0.05, 0.1) is 6.04 Å². The topological polar surface area (TPSA) is 93.9 Å². The molecule has 2 rings (SSSR count). The number of nitrogens with one attached hydrogen (secondary N) is 1. The molecule has 0 aliphatic carbocycles. The number of alkyl carbamates (subject to hydrolysis) is 1. The zero-order chi connectivity index (χ0) is 18.4. The highest BCUT2D eigenvalue weighted by Crippen LogP contribution is 2.21. The minimum absolute atomic E-state index is 0.158. The fourth-order valence-corrected chi connectivity index (χ4v) is 2.72. The summed E-state index contributed by atoms with van der Waals surface area (Å²) in [5, 5.41) is 2.79. The van der Waals surface area contributed by atoms with E-state index in [0.717, 1.165) is 5.56 Å². The van der Waals surface area contributed by atoms with Gasteiger partial charge in [-0.2, -0.15) is 0 Å². The molecule has 7 heteroatoms. The molecule has 1 aliphatic heterocycles. The normalized spacial score (nSPS) is 20.2. The summed E-state index contributed by atoms with van der Waals surface area (Å²) in [6.45, 7) is 6.32. The van der Waals surface area contributed by atoms with Crippen LogP contribution in [0, 0.1) is 0 Å². The third-order valence-corrected chi connectivity index (χ3v) is 3.85. The maximum Gasteiger partial charge on any atom is 0.410 e. The molecule has 138 valence electrons. The standard InChI is InChI=1S/C18H27N3O4/c1-18(2,3)25-17(23)21-11-14(9-15(21)10-19)20-16(22)24-12-13-7-5-4-6-8-13/h4-8,14-15H,9-12,19H2,1-3H3,(H,20,22)/t14-,15-/m0/s1. The van der Waals surface area contributed by atoms with Gasteiger partial charge >= 0.3 is 12.2 Å². The number of rotatable bonds is 4. The average Bonchev–Trinajstić information content (AvgIpc) is 2.95. The van der Waals surface area contributed by atoms with Crippen molar-refractivity contribution in [2.45, 2.75) is 51.5 Å². The van der Waals surface area contributed by atoms with Crippen LogP contribution in [0.5, 0.6) is 0 Å². The van der Waals surface area contributed by atoms with Crippen LogP contribution >= 0.6 is 0 Å². The molecule has 25 heavy (non-hydrogen) atoms. The van der Waals surface area contributed by atoms with Crippen molar-refractivity contribution in [2.24, 2.45) is 5.73 Å². The number of amides is 2. The van der Waals surface area contributed by atoms with E-state index < -0.39 is 17.8 Å². The van der Waals surface area contributed by atoms with Gasteiger partial charge in [-0.25, -0.2) is 9.59 Å². The molecule has 3 N–H and O–H groups in total. The minimum atomic E-state index is -0.573. The van der Waals surface area contributed by atoms with E-state index in [1.54, 1.807) is 4.90 Å². The van der Waals surface area contributed by atoms with Gasteiger partial charge in [-0.1, -0.05) is 30.3 Å². The van der Waals surface area contributed by atoms with Crippen LogP contribution in [0.25, 0.3) is 0 Å². The second-order valence-corrected chi connectivity index (χ2v) is 7.16. The Morgan fingerprint density at radius 1 is 1.28 bits per heavy atom. The van der Waals surface area contributed by atoms with Crippen molar-refractivity contribution < 1.29 is 19.1 Å². The summed E-state index contributed by atoms with van der Waals surface area (Å²) >= 11 is 0. The average molecular weight is 349 g/mol. The Morgan fingerprint density at radius 3 is 2.56 bits per heavy atom. The number of hydrogen-bond acceptors (Lipinski definition) is 5. The minimum Gasteiger partial charge on any atom is -0.445 e. The zero-order valence-electron chi connectivity index (χ0n) is 15.0. The molecule has 0 saturated carbocycles. The van der Waals surface area contributed by atoms with E-state index in [0.29, 0.717) is 19.5 Å². The maximum absolute atomic E-state index is 12.3. The monoisotopic (exact) mass is 349 g/mol. The van der Waals surface area contributed by atoms with Crippen molar-refractivity contribution in [3.05, 3.63) is 35.9 Å². The molecule has 0 radical (unpaired) electrons. The molecule has 1 aromatic rings. The molecule has 0 aromatic heterocycles. The maximum atomic E-state index is 12.3. The second-order valence-electron chi connectivity index (χ2n) is 7.16. The van der Waals surface area contributed by atoms with Gasteiger partial charge in [0.15, 0.2) is 0 Å². The number of ether oxygens (including phenoxy) is 2. The first kappa shape index (κ1) is 19.1. The molecule has 2 amide bonds. The van der Waals surface area contributed by atoms with Crippen LogP contribution in [-0.4, -0.2) is 47.9 Å². The van der Waals surface area contributed by atoms with Crippen molar-refractivity contribution in [1.29, 1.82) is 0 Å².